The van der Waals surface area contributed by atoms with Crippen LogP contribution in [-0.4, -0.2) is 14.2 Å². The minimum absolute atomic E-state index is 0.152. The molecule has 0 saturated heterocycles. The van der Waals surface area contributed by atoms with Crippen molar-refractivity contribution in [3.05, 3.63) is 71.8 Å². The van der Waals surface area contributed by atoms with E-state index >= 15 is 0 Å². The highest BCUT2D eigenvalue weighted by molar-refractivity contribution is 7.89. The fraction of sp³-hybridized carbons (Fsp3) is 0.455. The topological polar surface area (TPSA) is 72.2 Å². The van der Waals surface area contributed by atoms with Gasteiger partial charge in [0.15, 0.2) is 0 Å². The van der Waals surface area contributed by atoms with E-state index in [1.165, 1.54) is 0 Å². The molecule has 0 aliphatic rings. The van der Waals surface area contributed by atoms with E-state index in [1.807, 2.05) is 60.7 Å². The van der Waals surface area contributed by atoms with E-state index in [-0.39, 0.29) is 11.7 Å². The summed E-state index contributed by atoms with van der Waals surface area (Å²) in [7, 11) is -3.46. The summed E-state index contributed by atoms with van der Waals surface area (Å²) in [6, 6.07) is 18.3. The van der Waals surface area contributed by atoms with Crippen LogP contribution in [0.25, 0.3) is 0 Å². The van der Waals surface area contributed by atoms with Crippen LogP contribution in [0.3, 0.4) is 0 Å². The molecular weight excluding hydrogens is 356 g/mol. The second-order valence-electron chi connectivity index (χ2n) is 7.17. The standard InChI is InChI=1S/C22H32N2O2S/c1-3-11-18(12-4-2)17-27(25,26)24-22(20-15-9-6-10-16-20)21(23)19-13-7-5-8-14-19/h5-10,13-16,18,21-22,24H,3-4,11-12,17,23H2,1-2H3. The molecule has 2 aromatic rings. The minimum Gasteiger partial charge on any atom is -0.322 e. The molecule has 2 unspecified atom stereocenters. The van der Waals surface area contributed by atoms with Gasteiger partial charge in [-0.3, -0.25) is 0 Å². The van der Waals surface area contributed by atoms with Crippen LogP contribution in [0.2, 0.25) is 0 Å². The first kappa shape index (κ1) is 21.6. The largest absolute Gasteiger partial charge is 0.322 e. The molecule has 0 aliphatic carbocycles. The maximum atomic E-state index is 12.9. The first-order chi connectivity index (χ1) is 13.0. The van der Waals surface area contributed by atoms with Gasteiger partial charge in [-0.1, -0.05) is 87.4 Å². The van der Waals surface area contributed by atoms with Crippen LogP contribution < -0.4 is 10.5 Å². The highest BCUT2D eigenvalue weighted by Gasteiger charge is 2.28. The van der Waals surface area contributed by atoms with E-state index < -0.39 is 22.1 Å². The summed E-state index contributed by atoms with van der Waals surface area (Å²) in [4.78, 5) is 0. The van der Waals surface area contributed by atoms with Crippen LogP contribution in [0, 0.1) is 5.92 Å². The predicted molar refractivity (Wildman–Crippen MR) is 113 cm³/mol. The molecule has 0 saturated carbocycles. The summed E-state index contributed by atoms with van der Waals surface area (Å²) in [6.45, 7) is 4.20. The van der Waals surface area contributed by atoms with E-state index in [4.69, 9.17) is 5.73 Å². The normalized spacial score (nSPS) is 14.2. The van der Waals surface area contributed by atoms with E-state index in [2.05, 4.69) is 18.6 Å². The zero-order valence-electron chi connectivity index (χ0n) is 16.3. The molecule has 5 heteroatoms. The molecule has 0 aromatic heterocycles. The molecular formula is C22H32N2O2S. The van der Waals surface area contributed by atoms with Gasteiger partial charge in [-0.25, -0.2) is 13.1 Å². The summed E-state index contributed by atoms with van der Waals surface area (Å²) in [5.74, 6) is 0.335. The van der Waals surface area contributed by atoms with E-state index in [9.17, 15) is 8.42 Å². The quantitative estimate of drug-likeness (QED) is 0.592. The van der Waals surface area contributed by atoms with Crippen molar-refractivity contribution in [2.45, 2.75) is 51.6 Å². The Hall–Kier alpha value is -1.69. The van der Waals surface area contributed by atoms with Gasteiger partial charge in [0.2, 0.25) is 10.0 Å². The van der Waals surface area contributed by atoms with Crippen molar-refractivity contribution in [2.24, 2.45) is 11.7 Å². The summed E-state index contributed by atoms with van der Waals surface area (Å²) in [5, 5.41) is 0. The van der Waals surface area contributed by atoms with Crippen molar-refractivity contribution in [2.75, 3.05) is 5.75 Å². The second kappa shape index (κ2) is 10.6. The molecule has 4 nitrogen and oxygen atoms in total. The van der Waals surface area contributed by atoms with Crippen LogP contribution >= 0.6 is 0 Å². The third-order valence-electron chi connectivity index (χ3n) is 4.86. The van der Waals surface area contributed by atoms with Crippen LogP contribution in [0.15, 0.2) is 60.7 Å². The van der Waals surface area contributed by atoms with E-state index in [0.717, 1.165) is 36.8 Å². The Morgan fingerprint density at radius 3 is 1.81 bits per heavy atom. The van der Waals surface area contributed by atoms with Crippen LogP contribution in [0.1, 0.15) is 62.7 Å². The molecule has 2 atom stereocenters. The zero-order chi connectivity index (χ0) is 19.7. The number of hydrogen-bond donors (Lipinski definition) is 2. The Kier molecular flexibility index (Phi) is 8.48. The Balaban J connectivity index is 2.26. The van der Waals surface area contributed by atoms with Crippen LogP contribution in [0.5, 0.6) is 0 Å². The molecule has 0 spiro atoms. The molecule has 0 radical (unpaired) electrons. The Morgan fingerprint density at radius 2 is 1.33 bits per heavy atom. The smallest absolute Gasteiger partial charge is 0.212 e. The van der Waals surface area contributed by atoms with Crippen molar-refractivity contribution in [3.8, 4) is 0 Å². The maximum Gasteiger partial charge on any atom is 0.212 e. The summed E-state index contributed by atoms with van der Waals surface area (Å²) < 4.78 is 28.8. The molecule has 0 heterocycles. The van der Waals surface area contributed by atoms with Gasteiger partial charge in [0.1, 0.15) is 0 Å². The molecule has 3 N–H and O–H groups in total. The van der Waals surface area contributed by atoms with Gasteiger partial charge >= 0.3 is 0 Å². The minimum atomic E-state index is -3.46. The number of hydrogen-bond acceptors (Lipinski definition) is 3. The first-order valence-corrected chi connectivity index (χ1v) is 11.5. The van der Waals surface area contributed by atoms with Gasteiger partial charge in [-0.2, -0.15) is 0 Å². The second-order valence-corrected chi connectivity index (χ2v) is 8.97. The SMILES string of the molecule is CCCC(CCC)CS(=O)(=O)NC(c1ccccc1)C(N)c1ccccc1. The predicted octanol–water partition coefficient (Wildman–Crippen LogP) is 4.56. The molecule has 0 bridgehead atoms. The summed E-state index contributed by atoms with van der Waals surface area (Å²) >= 11 is 0. The van der Waals surface area contributed by atoms with E-state index in [1.54, 1.807) is 0 Å². The molecule has 148 valence electrons. The average molecular weight is 389 g/mol. The van der Waals surface area contributed by atoms with Gasteiger partial charge in [-0.15, -0.1) is 0 Å². The zero-order valence-corrected chi connectivity index (χ0v) is 17.2. The van der Waals surface area contributed by atoms with Crippen molar-refractivity contribution in [3.63, 3.8) is 0 Å². The third kappa shape index (κ3) is 6.76. The van der Waals surface area contributed by atoms with Gasteiger partial charge in [0.05, 0.1) is 17.8 Å². The average Bonchev–Trinajstić information content (AvgIpc) is 2.67. The lowest BCUT2D eigenvalue weighted by atomic mass is 9.95. The molecule has 0 fully saturated rings. The van der Waals surface area contributed by atoms with Crippen molar-refractivity contribution >= 4 is 10.0 Å². The highest BCUT2D eigenvalue weighted by Crippen LogP contribution is 2.28. The molecule has 2 aromatic carbocycles. The number of benzene rings is 2. The fourth-order valence-electron chi connectivity index (χ4n) is 3.56. The maximum absolute atomic E-state index is 12.9. The van der Waals surface area contributed by atoms with E-state index in [0.29, 0.717) is 0 Å². The van der Waals surface area contributed by atoms with Gasteiger partial charge in [0.25, 0.3) is 0 Å². The number of nitrogens with two attached hydrogens (primary N) is 1. The van der Waals surface area contributed by atoms with Crippen LogP contribution in [0.4, 0.5) is 0 Å². The molecule has 0 aliphatic heterocycles. The monoisotopic (exact) mass is 388 g/mol. The van der Waals surface area contributed by atoms with Gasteiger partial charge in [-0.05, 0) is 29.9 Å². The van der Waals surface area contributed by atoms with Gasteiger partial charge < -0.3 is 5.73 Å². The molecule has 2 rings (SSSR count). The first-order valence-electron chi connectivity index (χ1n) is 9.82. The lowest BCUT2D eigenvalue weighted by Gasteiger charge is -2.27. The van der Waals surface area contributed by atoms with Crippen molar-refractivity contribution in [1.82, 2.24) is 4.72 Å². The highest BCUT2D eigenvalue weighted by atomic mass is 32.2. The van der Waals surface area contributed by atoms with Crippen molar-refractivity contribution < 1.29 is 8.42 Å². The third-order valence-corrected chi connectivity index (χ3v) is 6.38. The Bertz CT molecular complexity index is 757. The Labute approximate surface area is 164 Å². The lowest BCUT2D eigenvalue weighted by Crippen LogP contribution is -2.38. The summed E-state index contributed by atoms with van der Waals surface area (Å²) in [6.07, 6.45) is 3.84. The molecule has 27 heavy (non-hydrogen) atoms. The number of rotatable bonds is 11. The van der Waals surface area contributed by atoms with Crippen LogP contribution in [-0.2, 0) is 10.0 Å². The summed E-state index contributed by atoms with van der Waals surface area (Å²) in [5.41, 5.74) is 8.28. The Morgan fingerprint density at radius 1 is 0.852 bits per heavy atom. The lowest BCUT2D eigenvalue weighted by molar-refractivity contribution is 0.458. The number of nitrogens with one attached hydrogen (secondary N) is 1. The molecule has 0 amide bonds. The number of sulfonamides is 1. The fourth-order valence-corrected chi connectivity index (χ4v) is 5.28. The van der Waals surface area contributed by atoms with Gasteiger partial charge in [0, 0.05) is 0 Å². The van der Waals surface area contributed by atoms with Crippen molar-refractivity contribution in [1.29, 1.82) is 0 Å².